The van der Waals surface area contributed by atoms with Crippen LogP contribution in [0.3, 0.4) is 0 Å². The summed E-state index contributed by atoms with van der Waals surface area (Å²) in [6.07, 6.45) is 4.27. The molecule has 0 aliphatic carbocycles. The van der Waals surface area contributed by atoms with Crippen LogP contribution < -0.4 is 0 Å². The molecule has 0 bridgehead atoms. The molecule has 2 heteroatoms. The highest BCUT2D eigenvalue weighted by Crippen LogP contribution is 2.28. The molecule has 0 amide bonds. The lowest BCUT2D eigenvalue weighted by molar-refractivity contribution is 0.778. The molecule has 1 aromatic heterocycles. The third-order valence-corrected chi connectivity index (χ3v) is 4.00. The molecule has 0 saturated heterocycles. The first-order valence-corrected chi connectivity index (χ1v) is 7.05. The van der Waals surface area contributed by atoms with E-state index in [-0.39, 0.29) is 0 Å². The number of imidazole rings is 1. The highest BCUT2D eigenvalue weighted by atomic mass is 15.1. The minimum atomic E-state index is 1.02. The molecule has 0 N–H and O–H groups in total. The minimum absolute atomic E-state index is 1.02. The SMILES string of the molecule is Cc1ccc(-c2cn3c(n2)CCc2ccccc2-3)cc1. The Morgan fingerprint density at radius 2 is 1.75 bits per heavy atom. The highest BCUT2D eigenvalue weighted by Gasteiger charge is 2.17. The van der Waals surface area contributed by atoms with Gasteiger partial charge >= 0.3 is 0 Å². The number of aromatic nitrogens is 2. The van der Waals surface area contributed by atoms with Crippen molar-refractivity contribution in [2.45, 2.75) is 19.8 Å². The summed E-state index contributed by atoms with van der Waals surface area (Å²) >= 11 is 0. The van der Waals surface area contributed by atoms with E-state index in [1.807, 2.05) is 0 Å². The Balaban J connectivity index is 1.84. The molecule has 2 aromatic carbocycles. The predicted octanol–water partition coefficient (Wildman–Crippen LogP) is 3.95. The molecule has 0 unspecified atom stereocenters. The van der Waals surface area contributed by atoms with E-state index < -0.39 is 0 Å². The summed E-state index contributed by atoms with van der Waals surface area (Å²) in [5, 5.41) is 0. The molecule has 4 rings (SSSR count). The Bertz CT molecular complexity index is 766. The van der Waals surface area contributed by atoms with Gasteiger partial charge < -0.3 is 4.57 Å². The average Bonchev–Trinajstić information content (AvgIpc) is 2.92. The van der Waals surface area contributed by atoms with E-state index in [1.165, 1.54) is 28.2 Å². The van der Waals surface area contributed by atoms with Crippen molar-refractivity contribution in [3.8, 4) is 16.9 Å². The van der Waals surface area contributed by atoms with E-state index in [0.717, 1.165) is 18.5 Å². The van der Waals surface area contributed by atoms with Crippen LogP contribution in [0.1, 0.15) is 17.0 Å². The Hall–Kier alpha value is -2.35. The number of benzene rings is 2. The molecule has 1 aliphatic rings. The Morgan fingerprint density at radius 1 is 0.950 bits per heavy atom. The van der Waals surface area contributed by atoms with E-state index in [2.05, 4.69) is 66.2 Å². The van der Waals surface area contributed by atoms with Crippen LogP contribution in [0.2, 0.25) is 0 Å². The monoisotopic (exact) mass is 260 g/mol. The van der Waals surface area contributed by atoms with Gasteiger partial charge in [0.2, 0.25) is 0 Å². The number of hydrogen-bond acceptors (Lipinski definition) is 1. The standard InChI is InChI=1S/C18H16N2/c1-13-6-8-14(9-7-13)16-12-20-17-5-3-2-4-15(17)10-11-18(20)19-16/h2-9,12H,10-11H2,1H3. The van der Waals surface area contributed by atoms with Crippen LogP contribution in [0.25, 0.3) is 16.9 Å². The summed E-state index contributed by atoms with van der Waals surface area (Å²) in [7, 11) is 0. The lowest BCUT2D eigenvalue weighted by Crippen LogP contribution is -2.11. The third-order valence-electron chi connectivity index (χ3n) is 4.00. The number of rotatable bonds is 1. The van der Waals surface area contributed by atoms with Gasteiger partial charge in [-0.25, -0.2) is 4.98 Å². The van der Waals surface area contributed by atoms with Gasteiger partial charge in [0, 0.05) is 23.9 Å². The van der Waals surface area contributed by atoms with Crippen LogP contribution in [-0.4, -0.2) is 9.55 Å². The summed E-state index contributed by atoms with van der Waals surface area (Å²) < 4.78 is 2.24. The highest BCUT2D eigenvalue weighted by molar-refractivity contribution is 5.61. The van der Waals surface area contributed by atoms with Gasteiger partial charge in [-0.15, -0.1) is 0 Å². The maximum absolute atomic E-state index is 4.81. The quantitative estimate of drug-likeness (QED) is 0.648. The smallest absolute Gasteiger partial charge is 0.114 e. The van der Waals surface area contributed by atoms with Crippen molar-refractivity contribution in [2.75, 3.05) is 0 Å². The molecule has 2 nitrogen and oxygen atoms in total. The van der Waals surface area contributed by atoms with Gasteiger partial charge in [0.1, 0.15) is 5.82 Å². The topological polar surface area (TPSA) is 17.8 Å². The van der Waals surface area contributed by atoms with E-state index in [9.17, 15) is 0 Å². The van der Waals surface area contributed by atoms with E-state index in [1.54, 1.807) is 0 Å². The fourth-order valence-corrected chi connectivity index (χ4v) is 2.87. The molecule has 2 heterocycles. The summed E-state index contributed by atoms with van der Waals surface area (Å²) in [5.74, 6) is 1.17. The second kappa shape index (κ2) is 4.34. The number of para-hydroxylation sites is 1. The van der Waals surface area contributed by atoms with Gasteiger partial charge in [0.15, 0.2) is 0 Å². The van der Waals surface area contributed by atoms with Crippen LogP contribution in [0, 0.1) is 6.92 Å². The van der Waals surface area contributed by atoms with E-state index >= 15 is 0 Å². The average molecular weight is 260 g/mol. The maximum atomic E-state index is 4.81. The molecule has 0 radical (unpaired) electrons. The Morgan fingerprint density at radius 3 is 2.60 bits per heavy atom. The fraction of sp³-hybridized carbons (Fsp3) is 0.167. The second-order valence-electron chi connectivity index (χ2n) is 5.41. The molecular weight excluding hydrogens is 244 g/mol. The molecule has 0 saturated carbocycles. The van der Waals surface area contributed by atoms with Gasteiger partial charge in [-0.05, 0) is 25.0 Å². The maximum Gasteiger partial charge on any atom is 0.114 e. The number of hydrogen-bond donors (Lipinski definition) is 0. The van der Waals surface area contributed by atoms with Crippen molar-refractivity contribution in [1.82, 2.24) is 9.55 Å². The zero-order valence-electron chi connectivity index (χ0n) is 11.5. The van der Waals surface area contributed by atoms with Gasteiger partial charge in [-0.3, -0.25) is 0 Å². The number of nitrogens with zero attached hydrogens (tertiary/aromatic N) is 2. The molecule has 98 valence electrons. The van der Waals surface area contributed by atoms with Crippen molar-refractivity contribution < 1.29 is 0 Å². The van der Waals surface area contributed by atoms with Crippen LogP contribution in [0.15, 0.2) is 54.7 Å². The number of aryl methyl sites for hydroxylation is 3. The largest absolute Gasteiger partial charge is 0.303 e. The molecule has 20 heavy (non-hydrogen) atoms. The summed E-state index contributed by atoms with van der Waals surface area (Å²) in [4.78, 5) is 4.81. The van der Waals surface area contributed by atoms with Crippen LogP contribution in [0.5, 0.6) is 0 Å². The number of fused-ring (bicyclic) bond motifs is 3. The first-order valence-electron chi connectivity index (χ1n) is 7.05. The van der Waals surface area contributed by atoms with Crippen molar-refractivity contribution in [2.24, 2.45) is 0 Å². The van der Waals surface area contributed by atoms with Crippen molar-refractivity contribution in [1.29, 1.82) is 0 Å². The first kappa shape index (κ1) is 11.5. The third kappa shape index (κ3) is 1.76. The second-order valence-corrected chi connectivity index (χ2v) is 5.41. The molecule has 0 fully saturated rings. The molecule has 0 spiro atoms. The van der Waals surface area contributed by atoms with Crippen LogP contribution in [-0.2, 0) is 12.8 Å². The van der Waals surface area contributed by atoms with Crippen LogP contribution >= 0.6 is 0 Å². The van der Waals surface area contributed by atoms with E-state index in [4.69, 9.17) is 4.98 Å². The van der Waals surface area contributed by atoms with Gasteiger partial charge in [0.05, 0.1) is 5.69 Å². The molecule has 1 aliphatic heterocycles. The lowest BCUT2D eigenvalue weighted by Gasteiger charge is -2.17. The zero-order valence-corrected chi connectivity index (χ0v) is 11.5. The van der Waals surface area contributed by atoms with Gasteiger partial charge in [-0.2, -0.15) is 0 Å². The normalized spacial score (nSPS) is 12.8. The molecular formula is C18H16N2. The van der Waals surface area contributed by atoms with E-state index in [0.29, 0.717) is 0 Å². The van der Waals surface area contributed by atoms with Crippen molar-refractivity contribution in [3.63, 3.8) is 0 Å². The van der Waals surface area contributed by atoms with Crippen molar-refractivity contribution in [3.05, 3.63) is 71.7 Å². The Labute approximate surface area is 118 Å². The lowest BCUT2D eigenvalue weighted by atomic mass is 10.0. The zero-order chi connectivity index (χ0) is 13.5. The van der Waals surface area contributed by atoms with Gasteiger partial charge in [0.25, 0.3) is 0 Å². The van der Waals surface area contributed by atoms with Crippen LogP contribution in [0.4, 0.5) is 0 Å². The molecule has 3 aromatic rings. The molecule has 0 atom stereocenters. The van der Waals surface area contributed by atoms with Crippen molar-refractivity contribution >= 4 is 0 Å². The predicted molar refractivity (Wildman–Crippen MR) is 81.1 cm³/mol. The first-order chi connectivity index (χ1) is 9.81. The summed E-state index contributed by atoms with van der Waals surface area (Å²) in [6, 6.07) is 17.2. The van der Waals surface area contributed by atoms with Gasteiger partial charge in [-0.1, -0.05) is 48.0 Å². The fourth-order valence-electron chi connectivity index (χ4n) is 2.87. The summed E-state index contributed by atoms with van der Waals surface area (Å²) in [6.45, 7) is 2.11. The Kier molecular flexibility index (Phi) is 2.49. The summed E-state index contributed by atoms with van der Waals surface area (Å²) in [5.41, 5.74) is 6.22. The minimum Gasteiger partial charge on any atom is -0.303 e.